The van der Waals surface area contributed by atoms with Crippen molar-refractivity contribution in [3.8, 4) is 5.69 Å². The van der Waals surface area contributed by atoms with E-state index >= 15 is 0 Å². The zero-order valence-corrected chi connectivity index (χ0v) is 18.3. The molecule has 3 N–H and O–H groups in total. The van der Waals surface area contributed by atoms with E-state index in [0.29, 0.717) is 11.9 Å². The number of nitrogens with two attached hydrogens (primary N) is 1. The number of rotatable bonds is 5. The summed E-state index contributed by atoms with van der Waals surface area (Å²) in [6, 6.07) is 12.2. The minimum absolute atomic E-state index is 0.327. The van der Waals surface area contributed by atoms with Crippen LogP contribution >= 0.6 is 0 Å². The summed E-state index contributed by atoms with van der Waals surface area (Å²) in [4.78, 5) is 15.9. The minimum atomic E-state index is 0.327. The quantitative estimate of drug-likeness (QED) is 0.618. The molecule has 5 rings (SSSR count). The molecule has 0 aliphatic carbocycles. The molecule has 0 spiro atoms. The van der Waals surface area contributed by atoms with Crippen molar-refractivity contribution in [3.63, 3.8) is 0 Å². The third-order valence-electron chi connectivity index (χ3n) is 5.93. The summed E-state index contributed by atoms with van der Waals surface area (Å²) in [5, 5.41) is 7.82. The van der Waals surface area contributed by atoms with Gasteiger partial charge >= 0.3 is 0 Å². The Morgan fingerprint density at radius 3 is 2.41 bits per heavy atom. The molecular weight excluding hydrogens is 406 g/mol. The smallest absolute Gasteiger partial charge is 0.248 e. The maximum atomic E-state index is 6.19. The van der Waals surface area contributed by atoms with E-state index in [9.17, 15) is 0 Å². The van der Waals surface area contributed by atoms with Crippen LogP contribution in [0.5, 0.6) is 0 Å². The summed E-state index contributed by atoms with van der Waals surface area (Å²) in [6.07, 6.45) is 1.79. The van der Waals surface area contributed by atoms with Crippen molar-refractivity contribution >= 4 is 29.1 Å². The Bertz CT molecular complexity index is 1040. The van der Waals surface area contributed by atoms with Gasteiger partial charge in [-0.25, -0.2) is 4.98 Å². The van der Waals surface area contributed by atoms with E-state index in [4.69, 9.17) is 10.5 Å². The van der Waals surface area contributed by atoms with Crippen molar-refractivity contribution in [1.82, 2.24) is 24.6 Å². The van der Waals surface area contributed by atoms with Crippen LogP contribution in [-0.4, -0.2) is 84.2 Å². The fraction of sp³-hybridized carbons (Fsp3) is 0.409. The highest BCUT2D eigenvalue weighted by atomic mass is 16.5. The molecule has 0 saturated carbocycles. The van der Waals surface area contributed by atoms with Crippen LogP contribution in [0.1, 0.15) is 0 Å². The van der Waals surface area contributed by atoms with Gasteiger partial charge in [0.15, 0.2) is 0 Å². The van der Waals surface area contributed by atoms with Crippen molar-refractivity contribution in [2.45, 2.75) is 0 Å². The van der Waals surface area contributed by atoms with Crippen molar-refractivity contribution in [2.75, 3.05) is 80.4 Å². The lowest BCUT2D eigenvalue weighted by molar-refractivity contribution is 0.122. The van der Waals surface area contributed by atoms with Gasteiger partial charge in [0.2, 0.25) is 11.9 Å². The molecule has 168 valence electrons. The van der Waals surface area contributed by atoms with Crippen molar-refractivity contribution < 1.29 is 4.74 Å². The van der Waals surface area contributed by atoms with Gasteiger partial charge < -0.3 is 30.5 Å². The van der Waals surface area contributed by atoms with E-state index in [1.165, 1.54) is 5.69 Å². The van der Waals surface area contributed by atoms with E-state index in [2.05, 4.69) is 54.3 Å². The molecular formula is C22H29N9O. The molecule has 0 bridgehead atoms. The van der Waals surface area contributed by atoms with Crippen LogP contribution in [0.3, 0.4) is 0 Å². The number of pyridine rings is 1. The van der Waals surface area contributed by atoms with Gasteiger partial charge in [0, 0.05) is 62.9 Å². The van der Waals surface area contributed by atoms with Gasteiger partial charge in [-0.3, -0.25) is 0 Å². The Labute approximate surface area is 187 Å². The van der Waals surface area contributed by atoms with Gasteiger partial charge in [-0.2, -0.15) is 9.67 Å². The van der Waals surface area contributed by atoms with Crippen LogP contribution in [-0.2, 0) is 4.74 Å². The Kier molecular flexibility index (Phi) is 5.78. The summed E-state index contributed by atoms with van der Waals surface area (Å²) in [5.41, 5.74) is 9.12. The van der Waals surface area contributed by atoms with Crippen LogP contribution in [0, 0.1) is 0 Å². The molecule has 0 amide bonds. The van der Waals surface area contributed by atoms with Gasteiger partial charge in [0.05, 0.1) is 18.9 Å². The van der Waals surface area contributed by atoms with Crippen molar-refractivity contribution in [3.05, 3.63) is 42.6 Å². The summed E-state index contributed by atoms with van der Waals surface area (Å²) < 4.78 is 7.07. The average Bonchev–Trinajstić information content (AvgIpc) is 3.20. The van der Waals surface area contributed by atoms with Crippen LogP contribution in [0.25, 0.3) is 5.69 Å². The van der Waals surface area contributed by atoms with Crippen molar-refractivity contribution in [1.29, 1.82) is 0 Å². The zero-order chi connectivity index (χ0) is 21.9. The third-order valence-corrected chi connectivity index (χ3v) is 5.93. The second-order valence-electron chi connectivity index (χ2n) is 8.14. The summed E-state index contributed by atoms with van der Waals surface area (Å²) >= 11 is 0. The highest BCUT2D eigenvalue weighted by Crippen LogP contribution is 2.23. The SMILES string of the molecule is CN1CCN(c2cc(-n3nc(Nc4ccc(N5CCOCC5)cc4)nc3N)ccn2)CC1. The maximum absolute atomic E-state index is 6.19. The number of likely N-dealkylation sites (N-methyl/N-ethyl adjacent to an activating group) is 1. The van der Waals surface area contributed by atoms with E-state index < -0.39 is 0 Å². The molecule has 10 heteroatoms. The van der Waals surface area contributed by atoms with Gasteiger partial charge in [0.25, 0.3) is 0 Å². The lowest BCUT2D eigenvalue weighted by Crippen LogP contribution is -2.44. The predicted molar refractivity (Wildman–Crippen MR) is 126 cm³/mol. The topological polar surface area (TPSA) is 101 Å². The Morgan fingerprint density at radius 2 is 1.66 bits per heavy atom. The fourth-order valence-corrected chi connectivity index (χ4v) is 4.02. The molecule has 2 aliphatic rings. The number of morpholine rings is 1. The van der Waals surface area contributed by atoms with E-state index in [-0.39, 0.29) is 0 Å². The molecule has 3 aromatic rings. The first-order valence-electron chi connectivity index (χ1n) is 11.0. The second-order valence-corrected chi connectivity index (χ2v) is 8.14. The molecule has 10 nitrogen and oxygen atoms in total. The summed E-state index contributed by atoms with van der Waals surface area (Å²) in [7, 11) is 2.14. The van der Waals surface area contributed by atoms with Gasteiger partial charge in [0.1, 0.15) is 5.82 Å². The normalized spacial score (nSPS) is 17.5. The van der Waals surface area contributed by atoms with Crippen LogP contribution < -0.4 is 20.9 Å². The first-order chi connectivity index (χ1) is 15.7. The molecule has 0 radical (unpaired) electrons. The summed E-state index contributed by atoms with van der Waals surface area (Å²) in [5.74, 6) is 1.71. The standard InChI is InChI=1S/C22H29N9O/c1-28-8-10-30(11-9-28)20-16-19(6-7-24-20)31-21(23)26-22(27-31)25-17-2-4-18(5-3-17)29-12-14-32-15-13-29/h2-7,16H,8-15H2,1H3,(H3,23,25,26,27). The number of anilines is 5. The fourth-order valence-electron chi connectivity index (χ4n) is 4.02. The lowest BCUT2D eigenvalue weighted by atomic mass is 10.2. The monoisotopic (exact) mass is 435 g/mol. The van der Waals surface area contributed by atoms with Gasteiger partial charge in [-0.1, -0.05) is 0 Å². The molecule has 32 heavy (non-hydrogen) atoms. The Hall–Kier alpha value is -3.37. The number of piperazine rings is 1. The minimum Gasteiger partial charge on any atom is -0.378 e. The first-order valence-corrected chi connectivity index (χ1v) is 11.0. The number of hydrogen-bond donors (Lipinski definition) is 2. The highest BCUT2D eigenvalue weighted by molar-refractivity contribution is 5.60. The van der Waals surface area contributed by atoms with Crippen LogP contribution in [0.15, 0.2) is 42.6 Å². The number of nitrogens with one attached hydrogen (secondary N) is 1. The van der Waals surface area contributed by atoms with E-state index in [1.54, 1.807) is 10.9 Å². The number of aromatic nitrogens is 4. The van der Waals surface area contributed by atoms with Gasteiger partial charge in [-0.05, 0) is 37.4 Å². The number of hydrogen-bond acceptors (Lipinski definition) is 9. The van der Waals surface area contributed by atoms with Crippen LogP contribution in [0.2, 0.25) is 0 Å². The number of nitrogens with zero attached hydrogens (tertiary/aromatic N) is 7. The maximum Gasteiger partial charge on any atom is 0.248 e. The van der Waals surface area contributed by atoms with E-state index in [1.807, 2.05) is 24.3 Å². The molecule has 0 unspecified atom stereocenters. The molecule has 2 fully saturated rings. The number of ether oxygens (including phenoxy) is 1. The van der Waals surface area contributed by atoms with Gasteiger partial charge in [-0.15, -0.1) is 5.10 Å². The Morgan fingerprint density at radius 1 is 0.906 bits per heavy atom. The van der Waals surface area contributed by atoms with E-state index in [0.717, 1.165) is 69.7 Å². The molecule has 1 aromatic carbocycles. The first kappa shape index (κ1) is 20.5. The third kappa shape index (κ3) is 4.46. The Balaban J connectivity index is 1.29. The number of nitrogen functional groups attached to an aromatic ring is 1. The number of benzene rings is 1. The highest BCUT2D eigenvalue weighted by Gasteiger charge is 2.17. The molecule has 4 heterocycles. The predicted octanol–water partition coefficient (Wildman–Crippen LogP) is 1.58. The summed E-state index contributed by atoms with van der Waals surface area (Å²) in [6.45, 7) is 7.32. The lowest BCUT2D eigenvalue weighted by Gasteiger charge is -2.33. The molecule has 0 atom stereocenters. The average molecular weight is 436 g/mol. The van der Waals surface area contributed by atoms with Crippen LogP contribution in [0.4, 0.5) is 29.1 Å². The largest absolute Gasteiger partial charge is 0.378 e. The molecule has 2 aromatic heterocycles. The zero-order valence-electron chi connectivity index (χ0n) is 18.3. The second kappa shape index (κ2) is 9.01. The van der Waals surface area contributed by atoms with Crippen molar-refractivity contribution in [2.24, 2.45) is 0 Å². The molecule has 2 aliphatic heterocycles. The molecule has 2 saturated heterocycles.